The molecule has 168 valence electrons. The Morgan fingerprint density at radius 2 is 1.88 bits per heavy atom. The highest BCUT2D eigenvalue weighted by Gasteiger charge is 2.39. The lowest BCUT2D eigenvalue weighted by molar-refractivity contribution is -0.137. The first-order valence-corrected chi connectivity index (χ1v) is 11.6. The smallest absolute Gasteiger partial charge is 0.243 e. The molecule has 8 heteroatoms. The summed E-state index contributed by atoms with van der Waals surface area (Å²) in [5.41, 5.74) is 4.50. The lowest BCUT2D eigenvalue weighted by atomic mass is 10.0. The Hall–Kier alpha value is -2.42. The number of carbonyl (C=O) groups is 2. The number of anilines is 1. The van der Waals surface area contributed by atoms with Gasteiger partial charge in [0.2, 0.25) is 11.8 Å². The highest BCUT2D eigenvalue weighted by molar-refractivity contribution is 7.80. The molecule has 32 heavy (non-hydrogen) atoms. The number of benzene rings is 2. The number of nitrogens with zero attached hydrogens (tertiary/aromatic N) is 3. The van der Waals surface area contributed by atoms with Gasteiger partial charge in [-0.25, -0.2) is 4.39 Å². The molecule has 0 spiro atoms. The zero-order valence-corrected chi connectivity index (χ0v) is 18.7. The molecule has 2 amide bonds. The van der Waals surface area contributed by atoms with Gasteiger partial charge in [-0.1, -0.05) is 24.3 Å². The van der Waals surface area contributed by atoms with Gasteiger partial charge in [-0.05, 0) is 41.3 Å². The number of hydrogen-bond acceptors (Lipinski definition) is 6. The van der Waals surface area contributed by atoms with Crippen LogP contribution in [-0.2, 0) is 22.7 Å². The first-order chi connectivity index (χ1) is 15.5. The van der Waals surface area contributed by atoms with Gasteiger partial charge in [0, 0.05) is 51.4 Å². The standard InChI is InChI=1S/C24H27FN4O2S/c25-18-2-1-3-19(13-18)28-10-8-27(9-11-28)14-16-4-5-17-15-29(24(32)20(17)12-16)21-6-7-22(30)26-23(21)31/h1-5,12-13,21,24,32H,6-11,14-15H2,(H,26,30,31). The van der Waals surface area contributed by atoms with Gasteiger partial charge in [0.1, 0.15) is 5.82 Å². The molecular formula is C24H27FN4O2S. The van der Waals surface area contributed by atoms with Gasteiger partial charge in [0.05, 0.1) is 11.4 Å². The van der Waals surface area contributed by atoms with Crippen LogP contribution in [-0.4, -0.2) is 53.8 Å². The van der Waals surface area contributed by atoms with Gasteiger partial charge >= 0.3 is 0 Å². The molecular weight excluding hydrogens is 427 g/mol. The van der Waals surface area contributed by atoms with E-state index in [1.165, 1.54) is 17.2 Å². The van der Waals surface area contributed by atoms with Crippen LogP contribution >= 0.6 is 12.6 Å². The lowest BCUT2D eigenvalue weighted by Gasteiger charge is -2.36. The number of thiol groups is 1. The highest BCUT2D eigenvalue weighted by atomic mass is 32.1. The van der Waals surface area contributed by atoms with E-state index < -0.39 is 0 Å². The summed E-state index contributed by atoms with van der Waals surface area (Å²) in [6.07, 6.45) is 0.911. The predicted molar refractivity (Wildman–Crippen MR) is 124 cm³/mol. The van der Waals surface area contributed by atoms with Crippen LogP contribution in [0.1, 0.15) is 34.9 Å². The summed E-state index contributed by atoms with van der Waals surface area (Å²) in [7, 11) is 0. The molecule has 0 saturated carbocycles. The predicted octanol–water partition coefficient (Wildman–Crippen LogP) is 2.70. The first kappa shape index (κ1) is 21.4. The number of piperidine rings is 1. The molecule has 6 nitrogen and oxygen atoms in total. The van der Waals surface area contributed by atoms with Gasteiger partial charge in [0.25, 0.3) is 0 Å². The van der Waals surface area contributed by atoms with E-state index in [9.17, 15) is 14.0 Å². The number of nitrogens with one attached hydrogen (secondary N) is 1. The Kier molecular flexibility index (Phi) is 5.92. The minimum absolute atomic E-state index is 0.154. The quantitative estimate of drug-likeness (QED) is 0.550. The van der Waals surface area contributed by atoms with E-state index in [1.807, 2.05) is 6.07 Å². The van der Waals surface area contributed by atoms with Crippen LogP contribution in [0.3, 0.4) is 0 Å². The molecule has 2 atom stereocenters. The number of hydrogen-bond donors (Lipinski definition) is 2. The van der Waals surface area contributed by atoms with Crippen molar-refractivity contribution in [3.8, 4) is 0 Å². The molecule has 2 aromatic carbocycles. The fraction of sp³-hybridized carbons (Fsp3) is 0.417. The van der Waals surface area contributed by atoms with E-state index in [-0.39, 0.29) is 29.0 Å². The molecule has 0 bridgehead atoms. The summed E-state index contributed by atoms with van der Waals surface area (Å²) in [4.78, 5) is 30.5. The van der Waals surface area contributed by atoms with E-state index >= 15 is 0 Å². The average molecular weight is 455 g/mol. The normalized spacial score (nSPS) is 24.5. The Morgan fingerprint density at radius 1 is 1.06 bits per heavy atom. The summed E-state index contributed by atoms with van der Waals surface area (Å²) in [5, 5.41) is 2.30. The second kappa shape index (κ2) is 8.84. The third kappa shape index (κ3) is 4.27. The van der Waals surface area contributed by atoms with Crippen molar-refractivity contribution in [2.24, 2.45) is 0 Å². The van der Waals surface area contributed by atoms with Crippen LogP contribution in [0, 0.1) is 5.82 Å². The zero-order valence-electron chi connectivity index (χ0n) is 17.8. The monoisotopic (exact) mass is 454 g/mol. The molecule has 0 aliphatic carbocycles. The largest absolute Gasteiger partial charge is 0.369 e. The van der Waals surface area contributed by atoms with Crippen molar-refractivity contribution in [1.82, 2.24) is 15.1 Å². The number of fused-ring (bicyclic) bond motifs is 1. The lowest BCUT2D eigenvalue weighted by Crippen LogP contribution is -2.51. The average Bonchev–Trinajstić information content (AvgIpc) is 3.10. The van der Waals surface area contributed by atoms with Crippen LogP contribution in [0.25, 0.3) is 0 Å². The molecule has 1 N–H and O–H groups in total. The number of piperazine rings is 1. The molecule has 0 radical (unpaired) electrons. The molecule has 0 aromatic heterocycles. The fourth-order valence-electron chi connectivity index (χ4n) is 4.96. The maximum absolute atomic E-state index is 13.5. The maximum atomic E-state index is 13.5. The molecule has 3 aliphatic rings. The van der Waals surface area contributed by atoms with Crippen molar-refractivity contribution < 1.29 is 14.0 Å². The van der Waals surface area contributed by atoms with Crippen molar-refractivity contribution in [2.75, 3.05) is 31.1 Å². The second-order valence-electron chi connectivity index (χ2n) is 8.79. The Morgan fingerprint density at radius 3 is 2.62 bits per heavy atom. The topological polar surface area (TPSA) is 55.9 Å². The third-order valence-corrected chi connectivity index (χ3v) is 7.29. The number of carbonyl (C=O) groups excluding carboxylic acids is 2. The Bertz CT molecular complexity index is 1040. The van der Waals surface area contributed by atoms with Gasteiger partial charge in [-0.15, -0.1) is 0 Å². The van der Waals surface area contributed by atoms with E-state index in [4.69, 9.17) is 12.6 Å². The van der Waals surface area contributed by atoms with E-state index in [1.54, 1.807) is 12.1 Å². The van der Waals surface area contributed by atoms with Gasteiger partial charge < -0.3 is 4.90 Å². The van der Waals surface area contributed by atoms with Crippen LogP contribution in [0.5, 0.6) is 0 Å². The number of imide groups is 1. The summed E-state index contributed by atoms with van der Waals surface area (Å²) in [6, 6.07) is 13.0. The summed E-state index contributed by atoms with van der Waals surface area (Å²) >= 11 is 4.82. The summed E-state index contributed by atoms with van der Waals surface area (Å²) < 4.78 is 13.5. The van der Waals surface area contributed by atoms with E-state index in [2.05, 4.69) is 38.2 Å². The van der Waals surface area contributed by atoms with Crippen molar-refractivity contribution in [2.45, 2.75) is 37.3 Å². The molecule has 5 rings (SSSR count). The van der Waals surface area contributed by atoms with Crippen molar-refractivity contribution >= 4 is 30.1 Å². The number of halogens is 1. The summed E-state index contributed by atoms with van der Waals surface area (Å²) in [6.45, 7) is 5.09. The van der Waals surface area contributed by atoms with E-state index in [0.29, 0.717) is 19.4 Å². The minimum atomic E-state index is -0.318. The van der Waals surface area contributed by atoms with Crippen molar-refractivity contribution in [1.29, 1.82) is 0 Å². The number of rotatable bonds is 4. The second-order valence-corrected chi connectivity index (χ2v) is 9.28. The van der Waals surface area contributed by atoms with Crippen LogP contribution in [0.15, 0.2) is 42.5 Å². The third-order valence-electron chi connectivity index (χ3n) is 6.72. The first-order valence-electron chi connectivity index (χ1n) is 11.1. The van der Waals surface area contributed by atoms with Crippen molar-refractivity contribution in [3.63, 3.8) is 0 Å². The number of amides is 2. The maximum Gasteiger partial charge on any atom is 0.243 e. The van der Waals surface area contributed by atoms with Gasteiger partial charge in [-0.3, -0.25) is 24.7 Å². The molecule has 2 aromatic rings. The Labute approximate surface area is 192 Å². The van der Waals surface area contributed by atoms with Crippen LogP contribution in [0.2, 0.25) is 0 Å². The van der Waals surface area contributed by atoms with E-state index in [0.717, 1.165) is 44.0 Å². The molecule has 2 unspecified atom stereocenters. The van der Waals surface area contributed by atoms with Crippen LogP contribution < -0.4 is 10.2 Å². The van der Waals surface area contributed by atoms with Crippen molar-refractivity contribution in [3.05, 3.63) is 65.0 Å². The van der Waals surface area contributed by atoms with Crippen LogP contribution in [0.4, 0.5) is 10.1 Å². The minimum Gasteiger partial charge on any atom is -0.369 e. The molecule has 2 fully saturated rings. The molecule has 3 heterocycles. The van der Waals surface area contributed by atoms with Gasteiger partial charge in [-0.2, -0.15) is 12.6 Å². The zero-order chi connectivity index (χ0) is 22.2. The molecule has 2 saturated heterocycles. The highest BCUT2D eigenvalue weighted by Crippen LogP contribution is 2.39. The Balaban J connectivity index is 1.21. The SMILES string of the molecule is O=C1CCC(N2Cc3ccc(CN4CCN(c5cccc(F)c5)CC4)cc3C2S)C(=O)N1. The van der Waals surface area contributed by atoms with Gasteiger partial charge in [0.15, 0.2) is 0 Å². The fourth-order valence-corrected chi connectivity index (χ4v) is 5.45. The summed E-state index contributed by atoms with van der Waals surface area (Å²) in [5.74, 6) is -0.612. The molecule has 3 aliphatic heterocycles.